The number of amides is 2. The van der Waals surface area contributed by atoms with Gasteiger partial charge in [0.05, 0.1) is 47.7 Å². The van der Waals surface area contributed by atoms with Crippen LogP contribution in [0.2, 0.25) is 5.02 Å². The number of H-pyrrole nitrogens is 1. The first-order valence-corrected chi connectivity index (χ1v) is 14.2. The van der Waals surface area contributed by atoms with Crippen LogP contribution in [0.1, 0.15) is 68.1 Å². The number of rotatable bonds is 5. The Labute approximate surface area is 246 Å². The lowest BCUT2D eigenvalue weighted by atomic mass is 9.94. The Morgan fingerprint density at radius 1 is 1.19 bits per heavy atom. The number of aromatic nitrogens is 2. The van der Waals surface area contributed by atoms with Gasteiger partial charge >= 0.3 is 12.1 Å². The predicted octanol–water partition coefficient (Wildman–Crippen LogP) is 6.50. The van der Waals surface area contributed by atoms with Crippen LogP contribution in [0.5, 0.6) is 0 Å². The molecule has 2 aliphatic heterocycles. The van der Waals surface area contributed by atoms with Crippen molar-refractivity contribution >= 4 is 35.3 Å². The fourth-order valence-corrected chi connectivity index (χ4v) is 5.76. The van der Waals surface area contributed by atoms with Crippen molar-refractivity contribution < 1.29 is 32.6 Å². The number of imidazole rings is 1. The molecule has 2 N–H and O–H groups in total. The van der Waals surface area contributed by atoms with Gasteiger partial charge in [-0.3, -0.25) is 14.5 Å². The summed E-state index contributed by atoms with van der Waals surface area (Å²) in [4.78, 5) is 47.8. The number of anilines is 1. The molecule has 1 saturated heterocycles. The number of fused-ring (bicyclic) bond motifs is 4. The van der Waals surface area contributed by atoms with Crippen LogP contribution in [-0.2, 0) is 25.5 Å². The van der Waals surface area contributed by atoms with Crippen LogP contribution in [0, 0.1) is 17.6 Å². The van der Waals surface area contributed by atoms with Gasteiger partial charge in [0.2, 0.25) is 5.91 Å². The number of benzene rings is 2. The molecule has 1 aromatic heterocycles. The molecule has 1 unspecified atom stereocenters. The molecule has 3 atom stereocenters. The third-order valence-corrected chi connectivity index (χ3v) is 8.19. The van der Waals surface area contributed by atoms with Crippen molar-refractivity contribution in [2.75, 3.05) is 19.0 Å². The fraction of sp³-hybridized carbons (Fsp3) is 0.400. The largest absolute Gasteiger partial charge is 0.469 e. The average molecular weight is 601 g/mol. The number of nitrogens with one attached hydrogen (secondary N) is 2. The highest BCUT2D eigenvalue weighted by Gasteiger charge is 2.37. The van der Waals surface area contributed by atoms with E-state index in [1.807, 2.05) is 6.92 Å². The summed E-state index contributed by atoms with van der Waals surface area (Å²) < 4.78 is 39.5. The summed E-state index contributed by atoms with van der Waals surface area (Å²) in [5, 5.41) is 2.78. The molecular weight excluding hydrogens is 570 g/mol. The van der Waals surface area contributed by atoms with E-state index in [4.69, 9.17) is 21.1 Å². The monoisotopic (exact) mass is 600 g/mol. The number of nitrogens with zero attached hydrogens (tertiary/aromatic N) is 2. The Morgan fingerprint density at radius 2 is 2.00 bits per heavy atom. The van der Waals surface area contributed by atoms with Crippen LogP contribution in [0.25, 0.3) is 11.3 Å². The van der Waals surface area contributed by atoms with Crippen molar-refractivity contribution in [2.24, 2.45) is 5.92 Å². The Kier molecular flexibility index (Phi) is 8.77. The number of esters is 1. The molecule has 2 bridgehead atoms. The number of carbonyl (C=O) groups excluding carboxylic acids is 3. The highest BCUT2D eigenvalue weighted by molar-refractivity contribution is 6.30. The van der Waals surface area contributed by atoms with Gasteiger partial charge < -0.3 is 19.8 Å². The molecule has 2 aliphatic rings. The third kappa shape index (κ3) is 5.97. The van der Waals surface area contributed by atoms with Gasteiger partial charge in [0, 0.05) is 24.4 Å². The molecule has 9 nitrogen and oxygen atoms in total. The first-order valence-electron chi connectivity index (χ1n) is 13.9. The van der Waals surface area contributed by atoms with Crippen molar-refractivity contribution in [3.63, 3.8) is 0 Å². The minimum absolute atomic E-state index is 0.0498. The van der Waals surface area contributed by atoms with Gasteiger partial charge in [0.15, 0.2) is 5.82 Å². The number of carbonyl (C=O) groups is 3. The van der Waals surface area contributed by atoms with E-state index in [2.05, 4.69) is 15.3 Å². The fourth-order valence-electron chi connectivity index (χ4n) is 5.59. The topological polar surface area (TPSA) is 114 Å². The smallest absolute Gasteiger partial charge is 0.411 e. The zero-order valence-corrected chi connectivity index (χ0v) is 24.0. The van der Waals surface area contributed by atoms with Crippen LogP contribution in [-0.4, -0.2) is 46.5 Å². The summed E-state index contributed by atoms with van der Waals surface area (Å²) in [6.45, 7) is 2.11. The molecule has 0 aliphatic carbocycles. The molecule has 222 valence electrons. The lowest BCUT2D eigenvalue weighted by molar-refractivity contribution is -0.139. The van der Waals surface area contributed by atoms with E-state index < -0.39 is 35.8 Å². The zero-order chi connectivity index (χ0) is 30.0. The quantitative estimate of drug-likeness (QED) is 0.255. The molecule has 0 radical (unpaired) electrons. The Hall–Kier alpha value is -3.99. The average Bonchev–Trinajstić information content (AvgIpc) is 3.45. The number of hydrogen-bond acceptors (Lipinski definition) is 6. The molecule has 0 spiro atoms. The molecule has 2 amide bonds. The maximum Gasteiger partial charge on any atom is 0.411 e. The van der Waals surface area contributed by atoms with Crippen LogP contribution in [0.4, 0.5) is 19.3 Å². The van der Waals surface area contributed by atoms with Gasteiger partial charge in [0.1, 0.15) is 17.7 Å². The molecular formula is C30H31ClF2N4O5. The highest BCUT2D eigenvalue weighted by atomic mass is 35.5. The SMILES string of the molecule is CC[C@@H]1CCC[C@H](N2CCC(c3c(F)ccc(Cl)c3F)OC2=O)c2ncc([nH]2)-c2ccc(CC(=O)OC)cc2NC1=O. The van der Waals surface area contributed by atoms with E-state index in [0.29, 0.717) is 54.0 Å². The predicted molar refractivity (Wildman–Crippen MR) is 151 cm³/mol. The van der Waals surface area contributed by atoms with E-state index in [-0.39, 0.29) is 41.8 Å². The van der Waals surface area contributed by atoms with Gasteiger partial charge in [-0.05, 0) is 43.0 Å². The Bertz CT molecular complexity index is 1510. The van der Waals surface area contributed by atoms with Gasteiger partial charge in [-0.25, -0.2) is 18.6 Å². The second kappa shape index (κ2) is 12.5. The summed E-state index contributed by atoms with van der Waals surface area (Å²) in [5.41, 5.74) is 2.11. The molecule has 42 heavy (non-hydrogen) atoms. The number of aromatic amines is 1. The van der Waals surface area contributed by atoms with Crippen molar-refractivity contribution in [1.82, 2.24) is 14.9 Å². The van der Waals surface area contributed by atoms with E-state index in [1.165, 1.54) is 12.0 Å². The van der Waals surface area contributed by atoms with Gasteiger partial charge in [-0.1, -0.05) is 37.1 Å². The number of cyclic esters (lactones) is 1. The standard InChI is InChI=1S/C30H31ClF2N4O5/c1-3-17-5-4-6-23(37-12-11-24(42-30(37)40)26-20(32)10-9-19(31)27(26)33)28-34-15-22(35-28)18-8-7-16(14-25(38)41-2)13-21(18)36-29(17)39/h7-10,13,15,17,23-24H,3-6,11-12,14H2,1-2H3,(H,34,35)(H,36,39)/t17-,23+,24?/m1/s1. The van der Waals surface area contributed by atoms with E-state index >= 15 is 0 Å². The van der Waals surface area contributed by atoms with Crippen LogP contribution < -0.4 is 5.32 Å². The van der Waals surface area contributed by atoms with E-state index in [1.54, 1.807) is 24.4 Å². The van der Waals surface area contributed by atoms with Gasteiger partial charge in [0.25, 0.3) is 0 Å². The third-order valence-electron chi connectivity index (χ3n) is 7.90. The van der Waals surface area contributed by atoms with E-state index in [9.17, 15) is 23.2 Å². The van der Waals surface area contributed by atoms with Crippen molar-refractivity contribution in [3.8, 4) is 11.3 Å². The number of halogens is 3. The van der Waals surface area contributed by atoms with Crippen LogP contribution >= 0.6 is 11.6 Å². The van der Waals surface area contributed by atoms with Crippen molar-refractivity contribution in [3.05, 3.63) is 70.1 Å². The number of methoxy groups -OCH3 is 1. The molecule has 3 heterocycles. The lowest BCUT2D eigenvalue weighted by Crippen LogP contribution is -2.42. The Morgan fingerprint density at radius 3 is 2.74 bits per heavy atom. The summed E-state index contributed by atoms with van der Waals surface area (Å²) in [5.74, 6) is -2.08. The second-order valence-electron chi connectivity index (χ2n) is 10.5. The summed E-state index contributed by atoms with van der Waals surface area (Å²) in [6.07, 6.45) is 2.24. The minimum Gasteiger partial charge on any atom is -0.469 e. The van der Waals surface area contributed by atoms with Gasteiger partial charge in [-0.2, -0.15) is 0 Å². The first-order chi connectivity index (χ1) is 20.2. The molecule has 0 saturated carbocycles. The van der Waals surface area contributed by atoms with Crippen molar-refractivity contribution in [1.29, 1.82) is 0 Å². The molecule has 1 fully saturated rings. The second-order valence-corrected chi connectivity index (χ2v) is 10.9. The van der Waals surface area contributed by atoms with Crippen LogP contribution in [0.15, 0.2) is 36.5 Å². The first kappa shape index (κ1) is 29.5. The number of hydrogen-bond donors (Lipinski definition) is 2. The zero-order valence-electron chi connectivity index (χ0n) is 23.2. The Balaban J connectivity index is 1.46. The molecule has 2 aromatic carbocycles. The highest BCUT2D eigenvalue weighted by Crippen LogP contribution is 2.38. The lowest BCUT2D eigenvalue weighted by Gasteiger charge is -2.36. The summed E-state index contributed by atoms with van der Waals surface area (Å²) in [6, 6.07) is 6.96. The maximum atomic E-state index is 14.7. The summed E-state index contributed by atoms with van der Waals surface area (Å²) in [7, 11) is 1.32. The minimum atomic E-state index is -1.12. The normalized spacial score (nSPS) is 21.0. The summed E-state index contributed by atoms with van der Waals surface area (Å²) >= 11 is 5.86. The molecule has 5 rings (SSSR count). The molecule has 3 aromatic rings. The van der Waals surface area contributed by atoms with E-state index in [0.717, 1.165) is 12.1 Å². The molecule has 12 heteroatoms. The maximum absolute atomic E-state index is 14.7. The van der Waals surface area contributed by atoms with Crippen LogP contribution in [0.3, 0.4) is 0 Å². The number of ether oxygens (including phenoxy) is 2. The van der Waals surface area contributed by atoms with Gasteiger partial charge in [-0.15, -0.1) is 0 Å². The van der Waals surface area contributed by atoms with Crippen molar-refractivity contribution in [2.45, 2.75) is 57.6 Å².